The van der Waals surface area contributed by atoms with E-state index in [1.807, 2.05) is 13.8 Å². The van der Waals surface area contributed by atoms with Crippen molar-refractivity contribution in [2.24, 2.45) is 17.8 Å². The zero-order chi connectivity index (χ0) is 13.9. The highest BCUT2D eigenvalue weighted by molar-refractivity contribution is 5.80. The molecule has 0 aromatic heterocycles. The lowest BCUT2D eigenvalue weighted by Gasteiger charge is -2.25. The Labute approximate surface area is 110 Å². The molecule has 0 aromatic carbocycles. The summed E-state index contributed by atoms with van der Waals surface area (Å²) in [6.45, 7) is 10.3. The van der Waals surface area contributed by atoms with Crippen molar-refractivity contribution in [2.45, 2.75) is 59.3 Å². The lowest BCUT2D eigenvalue weighted by atomic mass is 9.88. The van der Waals surface area contributed by atoms with E-state index in [1.54, 1.807) is 0 Å². The van der Waals surface area contributed by atoms with Crippen LogP contribution in [0.15, 0.2) is 0 Å². The van der Waals surface area contributed by atoms with Gasteiger partial charge in [0.1, 0.15) is 0 Å². The molecule has 18 heavy (non-hydrogen) atoms. The first-order valence-electron chi connectivity index (χ1n) is 6.95. The second-order valence-electron chi connectivity index (χ2n) is 5.80. The summed E-state index contributed by atoms with van der Waals surface area (Å²) in [5.74, 6) is 0.542. The number of ether oxygens (including phenoxy) is 1. The second-order valence-corrected chi connectivity index (χ2v) is 5.80. The Hall–Kier alpha value is -0.610. The maximum absolute atomic E-state index is 12.3. The Morgan fingerprint density at radius 2 is 1.89 bits per heavy atom. The minimum Gasteiger partial charge on any atom is -0.396 e. The smallest absolute Gasteiger partial charge is 0.226 e. The van der Waals surface area contributed by atoms with Gasteiger partial charge in [0.05, 0.1) is 18.1 Å². The van der Waals surface area contributed by atoms with Crippen molar-refractivity contribution in [1.29, 1.82) is 0 Å². The molecule has 1 aliphatic rings. The summed E-state index contributed by atoms with van der Waals surface area (Å²) in [7, 11) is 0. The molecular formula is C14H27NO3. The van der Waals surface area contributed by atoms with Gasteiger partial charge in [0.25, 0.3) is 0 Å². The van der Waals surface area contributed by atoms with E-state index in [0.29, 0.717) is 12.3 Å². The van der Waals surface area contributed by atoms with Crippen LogP contribution in [0.2, 0.25) is 0 Å². The third-order valence-corrected chi connectivity index (χ3v) is 4.12. The number of rotatable bonds is 5. The molecule has 0 aromatic rings. The van der Waals surface area contributed by atoms with Gasteiger partial charge in [0.2, 0.25) is 5.91 Å². The third kappa shape index (κ3) is 3.45. The monoisotopic (exact) mass is 257 g/mol. The highest BCUT2D eigenvalue weighted by atomic mass is 16.5. The minimum atomic E-state index is -0.0834. The van der Waals surface area contributed by atoms with Gasteiger partial charge in [0, 0.05) is 12.6 Å². The van der Waals surface area contributed by atoms with Crippen molar-refractivity contribution in [2.75, 3.05) is 6.61 Å². The average Bonchev–Trinajstić information content (AvgIpc) is 2.52. The van der Waals surface area contributed by atoms with E-state index in [0.717, 1.165) is 0 Å². The highest BCUT2D eigenvalue weighted by Crippen LogP contribution is 2.32. The zero-order valence-electron chi connectivity index (χ0n) is 12.1. The summed E-state index contributed by atoms with van der Waals surface area (Å²) >= 11 is 0. The summed E-state index contributed by atoms with van der Waals surface area (Å²) in [5, 5.41) is 12.1. The van der Waals surface area contributed by atoms with Gasteiger partial charge < -0.3 is 15.2 Å². The van der Waals surface area contributed by atoms with E-state index in [4.69, 9.17) is 9.84 Å². The maximum Gasteiger partial charge on any atom is 0.226 e. The number of aliphatic hydroxyl groups excluding tert-OH is 1. The fourth-order valence-electron chi connectivity index (χ4n) is 2.71. The number of carbonyl (C=O) groups is 1. The van der Waals surface area contributed by atoms with E-state index in [9.17, 15) is 4.79 Å². The lowest BCUT2D eigenvalue weighted by Crippen LogP contribution is -2.45. The zero-order valence-corrected chi connectivity index (χ0v) is 12.1. The SMILES string of the molecule is CC(C)C(CCO)NC(=O)C1C(C)OC(C)C1C. The molecule has 4 heteroatoms. The molecule has 0 spiro atoms. The van der Waals surface area contributed by atoms with Gasteiger partial charge >= 0.3 is 0 Å². The lowest BCUT2D eigenvalue weighted by molar-refractivity contribution is -0.128. The number of nitrogens with one attached hydrogen (secondary N) is 1. The van der Waals surface area contributed by atoms with Crippen LogP contribution >= 0.6 is 0 Å². The summed E-state index contributed by atoms with van der Waals surface area (Å²) in [6.07, 6.45) is 0.706. The van der Waals surface area contributed by atoms with Gasteiger partial charge in [-0.05, 0) is 32.1 Å². The van der Waals surface area contributed by atoms with Crippen LogP contribution in [0.3, 0.4) is 0 Å². The normalized spacial score (nSPS) is 33.7. The average molecular weight is 257 g/mol. The molecule has 0 saturated carbocycles. The molecule has 2 N–H and O–H groups in total. The van der Waals surface area contributed by atoms with Crippen LogP contribution in [0.1, 0.15) is 41.0 Å². The van der Waals surface area contributed by atoms with E-state index in [-0.39, 0.29) is 42.6 Å². The first-order chi connectivity index (χ1) is 8.38. The minimum absolute atomic E-state index is 0.0306. The van der Waals surface area contributed by atoms with Crippen molar-refractivity contribution >= 4 is 5.91 Å². The van der Waals surface area contributed by atoms with E-state index >= 15 is 0 Å². The highest BCUT2D eigenvalue weighted by Gasteiger charge is 2.42. The van der Waals surface area contributed by atoms with Crippen molar-refractivity contribution < 1.29 is 14.6 Å². The van der Waals surface area contributed by atoms with Crippen molar-refractivity contribution in [3.05, 3.63) is 0 Å². The van der Waals surface area contributed by atoms with Gasteiger partial charge in [-0.1, -0.05) is 20.8 Å². The van der Waals surface area contributed by atoms with Crippen LogP contribution in [0.5, 0.6) is 0 Å². The molecule has 1 fully saturated rings. The molecule has 5 unspecified atom stereocenters. The standard InChI is InChI=1S/C14H27NO3/c1-8(2)12(6-7-16)15-14(17)13-9(3)10(4)18-11(13)5/h8-13,16H,6-7H2,1-5H3,(H,15,17). The van der Waals surface area contributed by atoms with Crippen LogP contribution in [-0.4, -0.2) is 35.9 Å². The molecule has 1 amide bonds. The number of hydrogen-bond acceptors (Lipinski definition) is 3. The molecule has 4 nitrogen and oxygen atoms in total. The van der Waals surface area contributed by atoms with Gasteiger partial charge in [-0.25, -0.2) is 0 Å². The second kappa shape index (κ2) is 6.53. The molecule has 1 aliphatic heterocycles. The van der Waals surface area contributed by atoms with Crippen LogP contribution in [0.4, 0.5) is 0 Å². The molecule has 106 valence electrons. The summed E-state index contributed by atoms with van der Waals surface area (Å²) in [6, 6.07) is 0.0396. The molecule has 1 heterocycles. The first kappa shape index (κ1) is 15.4. The molecular weight excluding hydrogens is 230 g/mol. The third-order valence-electron chi connectivity index (χ3n) is 4.12. The largest absolute Gasteiger partial charge is 0.396 e. The van der Waals surface area contributed by atoms with Crippen molar-refractivity contribution in [1.82, 2.24) is 5.32 Å². The fourth-order valence-corrected chi connectivity index (χ4v) is 2.71. The van der Waals surface area contributed by atoms with Crippen LogP contribution in [0.25, 0.3) is 0 Å². The van der Waals surface area contributed by atoms with Gasteiger partial charge in [-0.3, -0.25) is 4.79 Å². The van der Waals surface area contributed by atoms with Gasteiger partial charge in [-0.2, -0.15) is 0 Å². The molecule has 1 rings (SSSR count). The predicted octanol–water partition coefficient (Wildman–Crippen LogP) is 1.57. The van der Waals surface area contributed by atoms with E-state index in [2.05, 4.69) is 26.1 Å². The molecule has 0 radical (unpaired) electrons. The van der Waals surface area contributed by atoms with Crippen LogP contribution in [-0.2, 0) is 9.53 Å². The quantitative estimate of drug-likeness (QED) is 0.786. The molecule has 1 saturated heterocycles. The number of aliphatic hydroxyl groups is 1. The predicted molar refractivity (Wildman–Crippen MR) is 71.1 cm³/mol. The Morgan fingerprint density at radius 1 is 1.28 bits per heavy atom. The number of amides is 1. The van der Waals surface area contributed by atoms with Crippen LogP contribution < -0.4 is 5.32 Å². The van der Waals surface area contributed by atoms with Gasteiger partial charge in [0.15, 0.2) is 0 Å². The molecule has 0 bridgehead atoms. The van der Waals surface area contributed by atoms with Gasteiger partial charge in [-0.15, -0.1) is 0 Å². The summed E-state index contributed by atoms with van der Waals surface area (Å²) in [4.78, 5) is 12.3. The van der Waals surface area contributed by atoms with Crippen molar-refractivity contribution in [3.63, 3.8) is 0 Å². The number of carbonyl (C=O) groups excluding carboxylic acids is 1. The van der Waals surface area contributed by atoms with E-state index in [1.165, 1.54) is 0 Å². The van der Waals surface area contributed by atoms with Crippen LogP contribution in [0, 0.1) is 17.8 Å². The Bertz CT molecular complexity index is 280. The maximum atomic E-state index is 12.3. The summed E-state index contributed by atoms with van der Waals surface area (Å²) in [5.41, 5.74) is 0. The summed E-state index contributed by atoms with van der Waals surface area (Å²) < 4.78 is 5.70. The first-order valence-corrected chi connectivity index (χ1v) is 6.95. The Morgan fingerprint density at radius 3 is 2.28 bits per heavy atom. The van der Waals surface area contributed by atoms with Crippen molar-refractivity contribution in [3.8, 4) is 0 Å². The topological polar surface area (TPSA) is 58.6 Å². The Balaban J connectivity index is 2.63. The molecule has 5 atom stereocenters. The number of hydrogen-bond donors (Lipinski definition) is 2. The fraction of sp³-hybridized carbons (Fsp3) is 0.929. The van der Waals surface area contributed by atoms with E-state index < -0.39 is 0 Å². The molecule has 0 aliphatic carbocycles. The Kier molecular flexibility index (Phi) is 5.60.